The van der Waals surface area contributed by atoms with E-state index in [1.807, 2.05) is 30.3 Å². The van der Waals surface area contributed by atoms with E-state index in [-0.39, 0.29) is 10.5 Å². The second-order valence-corrected chi connectivity index (χ2v) is 8.72. The number of hydrogen-bond donors (Lipinski definition) is 1. The minimum Gasteiger partial charge on any atom is -0.450 e. The largest absolute Gasteiger partial charge is 0.450 e. The Balaban J connectivity index is 2.00. The van der Waals surface area contributed by atoms with Crippen LogP contribution in [0.25, 0.3) is 0 Å². The van der Waals surface area contributed by atoms with Crippen molar-refractivity contribution in [1.82, 2.24) is 5.32 Å². The fraction of sp³-hybridized carbons (Fsp3) is 0.316. The molecule has 8 nitrogen and oxygen atoms in total. The second-order valence-electron chi connectivity index (χ2n) is 6.71. The first-order valence-electron chi connectivity index (χ1n) is 8.71. The number of benzene rings is 2. The van der Waals surface area contributed by atoms with Crippen LogP contribution in [0, 0.1) is 10.1 Å². The summed E-state index contributed by atoms with van der Waals surface area (Å²) in [6, 6.07) is 12.5. The van der Waals surface area contributed by atoms with Crippen molar-refractivity contribution in [2.45, 2.75) is 23.3 Å². The number of carbonyl (C=O) groups is 1. The summed E-state index contributed by atoms with van der Waals surface area (Å²) < 4.78 is 29.2. The Morgan fingerprint density at radius 2 is 1.79 bits per heavy atom. The van der Waals surface area contributed by atoms with Gasteiger partial charge in [0.1, 0.15) is 11.2 Å². The quantitative estimate of drug-likeness (QED) is 0.462. The Hall–Kier alpha value is -2.78. The van der Waals surface area contributed by atoms with Crippen molar-refractivity contribution >= 4 is 21.5 Å². The molecule has 2 aromatic rings. The molecule has 1 aliphatic heterocycles. The van der Waals surface area contributed by atoms with Crippen LogP contribution in [0.5, 0.6) is 0 Å². The molecule has 0 aliphatic carbocycles. The van der Waals surface area contributed by atoms with Crippen molar-refractivity contribution in [1.29, 1.82) is 0 Å². The number of nitrogens with zero attached hydrogens (tertiary/aromatic N) is 1. The molecule has 1 heterocycles. The maximum absolute atomic E-state index is 12.9. The normalized spacial score (nSPS) is 16.3. The number of nitro benzene ring substituents is 1. The lowest BCUT2D eigenvalue weighted by atomic mass is 9.84. The van der Waals surface area contributed by atoms with Crippen molar-refractivity contribution in [2.75, 3.05) is 19.3 Å². The Morgan fingerprint density at radius 1 is 1.14 bits per heavy atom. The van der Waals surface area contributed by atoms with Gasteiger partial charge >= 0.3 is 5.97 Å². The van der Waals surface area contributed by atoms with Gasteiger partial charge in [0.2, 0.25) is 0 Å². The molecule has 1 aliphatic rings. The molecule has 1 fully saturated rings. The number of ether oxygens (including phenoxy) is 1. The highest BCUT2D eigenvalue weighted by atomic mass is 32.2. The third kappa shape index (κ3) is 4.05. The van der Waals surface area contributed by atoms with E-state index >= 15 is 0 Å². The highest BCUT2D eigenvalue weighted by Crippen LogP contribution is 2.36. The van der Waals surface area contributed by atoms with Crippen LogP contribution in [0.15, 0.2) is 53.4 Å². The number of nitro groups is 1. The van der Waals surface area contributed by atoms with Crippen molar-refractivity contribution in [3.63, 3.8) is 0 Å². The van der Waals surface area contributed by atoms with Gasteiger partial charge < -0.3 is 10.1 Å². The first-order chi connectivity index (χ1) is 13.2. The summed E-state index contributed by atoms with van der Waals surface area (Å²) in [5.41, 5.74) is -0.941. The number of esters is 1. The molecule has 1 saturated heterocycles. The van der Waals surface area contributed by atoms with Gasteiger partial charge in [0.15, 0.2) is 9.84 Å². The number of sulfone groups is 1. The summed E-state index contributed by atoms with van der Waals surface area (Å²) in [7, 11) is -3.65. The van der Waals surface area contributed by atoms with Crippen molar-refractivity contribution in [2.24, 2.45) is 0 Å². The molecule has 0 spiro atoms. The van der Waals surface area contributed by atoms with Gasteiger partial charge in [-0.3, -0.25) is 10.1 Å². The van der Waals surface area contributed by atoms with Crippen molar-refractivity contribution in [3.8, 4) is 0 Å². The Labute approximate surface area is 162 Å². The average Bonchev–Trinajstić information content (AvgIpc) is 2.68. The van der Waals surface area contributed by atoms with Gasteiger partial charge in [0.05, 0.1) is 9.82 Å². The first kappa shape index (κ1) is 20.0. The zero-order valence-electron chi connectivity index (χ0n) is 15.3. The molecular formula is C19H20N2O6S. The molecule has 0 bridgehead atoms. The van der Waals surface area contributed by atoms with Gasteiger partial charge in [-0.25, -0.2) is 13.2 Å². The summed E-state index contributed by atoms with van der Waals surface area (Å²) in [5, 5.41) is 14.7. The smallest absolute Gasteiger partial charge is 0.346 e. The van der Waals surface area contributed by atoms with Gasteiger partial charge in [-0.05, 0) is 30.8 Å². The molecule has 1 N–H and O–H groups in total. The first-order valence-corrected chi connectivity index (χ1v) is 10.6. The molecule has 0 aromatic heterocycles. The molecule has 3 rings (SSSR count). The molecule has 28 heavy (non-hydrogen) atoms. The number of nitrogens with one attached hydrogen (secondary N) is 1. The summed E-state index contributed by atoms with van der Waals surface area (Å²) in [5.74, 6) is -0.850. The summed E-state index contributed by atoms with van der Waals surface area (Å²) >= 11 is 0. The number of carbonyl (C=O) groups excluding carboxylic acids is 1. The molecule has 9 heteroatoms. The van der Waals surface area contributed by atoms with E-state index in [2.05, 4.69) is 5.32 Å². The summed E-state index contributed by atoms with van der Waals surface area (Å²) in [4.78, 5) is 23.3. The average molecular weight is 404 g/mol. The van der Waals surface area contributed by atoms with Gasteiger partial charge in [-0.2, -0.15) is 0 Å². The lowest BCUT2D eigenvalue weighted by Crippen LogP contribution is -2.43. The van der Waals surface area contributed by atoms with Crippen LogP contribution in [-0.4, -0.2) is 38.7 Å². The minimum absolute atomic E-state index is 0.226. The van der Waals surface area contributed by atoms with E-state index in [1.165, 1.54) is 6.07 Å². The standard InChI is InChI=1S/C19H20N2O6S/c1-28(25,26)15-7-8-16(17(13-15)21(23)24)18(22)27-19(9-11-20-12-10-19)14-5-3-2-4-6-14/h2-8,13,20H,9-12H2,1H3. The molecule has 2 aromatic carbocycles. The lowest BCUT2D eigenvalue weighted by Gasteiger charge is -2.37. The molecule has 0 unspecified atom stereocenters. The SMILES string of the molecule is CS(=O)(=O)c1ccc(C(=O)OC2(c3ccccc3)CCNCC2)c([N+](=O)[O-])c1. The fourth-order valence-corrected chi connectivity index (χ4v) is 3.96. The van der Waals surface area contributed by atoms with Crippen LogP contribution in [0.2, 0.25) is 0 Å². The predicted octanol–water partition coefficient (Wildman–Crippen LogP) is 2.43. The van der Waals surface area contributed by atoms with Crippen molar-refractivity contribution in [3.05, 3.63) is 69.8 Å². The highest BCUT2D eigenvalue weighted by molar-refractivity contribution is 7.90. The fourth-order valence-electron chi connectivity index (χ4n) is 3.32. The topological polar surface area (TPSA) is 116 Å². The number of hydrogen-bond acceptors (Lipinski definition) is 7. The van der Waals surface area contributed by atoms with Crippen LogP contribution < -0.4 is 5.32 Å². The minimum atomic E-state index is -3.65. The molecule has 0 radical (unpaired) electrons. The maximum atomic E-state index is 12.9. The van der Waals surface area contributed by atoms with Crippen LogP contribution >= 0.6 is 0 Å². The molecule has 0 atom stereocenters. The zero-order chi connectivity index (χ0) is 20.4. The van der Waals surface area contributed by atoms with Gasteiger partial charge in [-0.15, -0.1) is 0 Å². The van der Waals surface area contributed by atoms with Crippen LogP contribution in [-0.2, 0) is 20.2 Å². The van der Waals surface area contributed by atoms with Crippen molar-refractivity contribution < 1.29 is 22.9 Å². The van der Waals surface area contributed by atoms with E-state index in [9.17, 15) is 23.3 Å². The Kier molecular flexibility index (Phi) is 5.48. The van der Waals surface area contributed by atoms with E-state index in [0.717, 1.165) is 24.0 Å². The summed E-state index contributed by atoms with van der Waals surface area (Å²) in [6.45, 7) is 1.27. The highest BCUT2D eigenvalue weighted by Gasteiger charge is 2.39. The zero-order valence-corrected chi connectivity index (χ0v) is 16.1. The lowest BCUT2D eigenvalue weighted by molar-refractivity contribution is -0.385. The maximum Gasteiger partial charge on any atom is 0.346 e. The molecule has 0 saturated carbocycles. The number of piperidine rings is 1. The summed E-state index contributed by atoms with van der Waals surface area (Å²) in [6.07, 6.45) is 2.00. The van der Waals surface area contributed by atoms with E-state index < -0.39 is 32.0 Å². The van der Waals surface area contributed by atoms with Crippen LogP contribution in [0.3, 0.4) is 0 Å². The monoisotopic (exact) mass is 404 g/mol. The van der Waals surface area contributed by atoms with E-state index in [1.54, 1.807) is 0 Å². The Bertz CT molecular complexity index is 998. The molecular weight excluding hydrogens is 384 g/mol. The van der Waals surface area contributed by atoms with Gasteiger partial charge in [-0.1, -0.05) is 30.3 Å². The molecule has 148 valence electrons. The van der Waals surface area contributed by atoms with E-state index in [0.29, 0.717) is 25.9 Å². The number of rotatable bonds is 5. The Morgan fingerprint density at radius 3 is 2.36 bits per heavy atom. The van der Waals surface area contributed by atoms with E-state index in [4.69, 9.17) is 4.74 Å². The van der Waals surface area contributed by atoms with Crippen LogP contribution in [0.1, 0.15) is 28.8 Å². The van der Waals surface area contributed by atoms with Gasteiger partial charge in [0, 0.05) is 25.2 Å². The van der Waals surface area contributed by atoms with Crippen LogP contribution in [0.4, 0.5) is 5.69 Å². The third-order valence-electron chi connectivity index (χ3n) is 4.81. The second kappa shape index (κ2) is 7.69. The third-order valence-corrected chi connectivity index (χ3v) is 5.92. The predicted molar refractivity (Wildman–Crippen MR) is 102 cm³/mol. The molecule has 0 amide bonds. The van der Waals surface area contributed by atoms with Gasteiger partial charge in [0.25, 0.3) is 5.69 Å².